The molecule has 35 heavy (non-hydrogen) atoms. The van der Waals surface area contributed by atoms with Crippen LogP contribution in [0.15, 0.2) is 78.9 Å². The summed E-state index contributed by atoms with van der Waals surface area (Å²) in [4.78, 5) is 0. The summed E-state index contributed by atoms with van der Waals surface area (Å²) in [6.45, 7) is 8.69. The fourth-order valence-electron chi connectivity index (χ4n) is 5.80. The molecule has 0 saturated carbocycles. The van der Waals surface area contributed by atoms with Gasteiger partial charge in [-0.2, -0.15) is 0 Å². The lowest BCUT2D eigenvalue weighted by Crippen LogP contribution is -2.58. The average molecular weight is 471 g/mol. The number of hydrogen-bond donors (Lipinski definition) is 2. The first-order valence-corrected chi connectivity index (χ1v) is 13.4. The molecule has 0 aliphatic carbocycles. The van der Waals surface area contributed by atoms with Crippen molar-refractivity contribution >= 4 is 0 Å². The Hall–Kier alpha value is -2.62. The van der Waals surface area contributed by atoms with Crippen molar-refractivity contribution in [2.75, 3.05) is 13.7 Å². The fraction of sp³-hybridized carbons (Fsp3) is 0.438. The lowest BCUT2D eigenvalue weighted by molar-refractivity contribution is 0.190. The molecule has 1 aliphatic heterocycles. The maximum Gasteiger partial charge on any atom is 0.123 e. The molecule has 1 heterocycles. The third-order valence-electron chi connectivity index (χ3n) is 7.63. The van der Waals surface area contributed by atoms with Gasteiger partial charge < -0.3 is 15.4 Å². The Bertz CT molecular complexity index is 992. The summed E-state index contributed by atoms with van der Waals surface area (Å²) in [6, 6.07) is 29.4. The summed E-state index contributed by atoms with van der Waals surface area (Å²) in [5.74, 6) is 2.40. The van der Waals surface area contributed by atoms with Crippen LogP contribution in [0.3, 0.4) is 0 Å². The number of ether oxygens (including phenoxy) is 1. The van der Waals surface area contributed by atoms with Crippen LogP contribution in [0.5, 0.6) is 5.75 Å². The minimum atomic E-state index is 0.290. The monoisotopic (exact) mass is 470 g/mol. The van der Waals surface area contributed by atoms with E-state index in [1.807, 2.05) is 0 Å². The van der Waals surface area contributed by atoms with Gasteiger partial charge in [0.25, 0.3) is 0 Å². The summed E-state index contributed by atoms with van der Waals surface area (Å²) < 4.78 is 5.75. The van der Waals surface area contributed by atoms with Crippen LogP contribution >= 0.6 is 0 Å². The van der Waals surface area contributed by atoms with E-state index in [0.29, 0.717) is 29.8 Å². The Labute approximate surface area is 212 Å². The van der Waals surface area contributed by atoms with Crippen molar-refractivity contribution in [1.29, 1.82) is 0 Å². The molecular formula is C32H42N2O. The van der Waals surface area contributed by atoms with Crippen LogP contribution in [-0.2, 0) is 6.54 Å². The molecule has 0 radical (unpaired) electrons. The van der Waals surface area contributed by atoms with E-state index in [2.05, 4.69) is 110 Å². The lowest BCUT2D eigenvalue weighted by atomic mass is 9.74. The Morgan fingerprint density at radius 1 is 0.914 bits per heavy atom. The molecule has 0 spiro atoms. The third kappa shape index (κ3) is 6.15. The van der Waals surface area contributed by atoms with Crippen molar-refractivity contribution in [2.45, 2.75) is 70.5 Å². The van der Waals surface area contributed by atoms with Gasteiger partial charge in [0, 0.05) is 30.1 Å². The molecule has 0 amide bonds. The Balaban J connectivity index is 1.68. The third-order valence-corrected chi connectivity index (χ3v) is 7.63. The van der Waals surface area contributed by atoms with Gasteiger partial charge >= 0.3 is 0 Å². The normalized spacial score (nSPS) is 20.3. The van der Waals surface area contributed by atoms with E-state index in [4.69, 9.17) is 4.74 Å². The number of benzene rings is 3. The van der Waals surface area contributed by atoms with Crippen molar-refractivity contribution in [3.8, 4) is 5.75 Å². The van der Waals surface area contributed by atoms with Crippen molar-refractivity contribution in [3.05, 3.63) is 101 Å². The molecule has 3 unspecified atom stereocenters. The first-order chi connectivity index (χ1) is 17.1. The second-order valence-corrected chi connectivity index (χ2v) is 10.2. The van der Waals surface area contributed by atoms with Gasteiger partial charge in [-0.05, 0) is 54.0 Å². The Kier molecular flexibility index (Phi) is 9.01. The van der Waals surface area contributed by atoms with Crippen molar-refractivity contribution in [2.24, 2.45) is 5.92 Å². The summed E-state index contributed by atoms with van der Waals surface area (Å²) in [6.07, 6.45) is 3.67. The second kappa shape index (κ2) is 12.4. The smallest absolute Gasteiger partial charge is 0.123 e. The Morgan fingerprint density at radius 2 is 1.57 bits per heavy atom. The van der Waals surface area contributed by atoms with E-state index in [1.165, 1.54) is 41.5 Å². The molecule has 0 bridgehead atoms. The number of hydrogen-bond acceptors (Lipinski definition) is 3. The van der Waals surface area contributed by atoms with Crippen molar-refractivity contribution in [3.63, 3.8) is 0 Å². The van der Waals surface area contributed by atoms with Crippen LogP contribution in [0.1, 0.15) is 74.1 Å². The highest BCUT2D eigenvalue weighted by molar-refractivity contribution is 5.39. The van der Waals surface area contributed by atoms with Gasteiger partial charge in [0.15, 0.2) is 0 Å². The van der Waals surface area contributed by atoms with E-state index >= 15 is 0 Å². The molecule has 186 valence electrons. The minimum Gasteiger partial charge on any atom is -0.496 e. The summed E-state index contributed by atoms with van der Waals surface area (Å²) in [7, 11) is 1.78. The van der Waals surface area contributed by atoms with Gasteiger partial charge in [-0.15, -0.1) is 0 Å². The van der Waals surface area contributed by atoms with Crippen LogP contribution in [-0.4, -0.2) is 25.7 Å². The predicted octanol–water partition coefficient (Wildman–Crippen LogP) is 6.89. The van der Waals surface area contributed by atoms with Crippen LogP contribution in [0.4, 0.5) is 0 Å². The Morgan fingerprint density at radius 3 is 2.14 bits per heavy atom. The minimum absolute atomic E-state index is 0.290. The molecule has 3 aromatic carbocycles. The maximum atomic E-state index is 5.75. The molecule has 3 nitrogen and oxygen atoms in total. The second-order valence-electron chi connectivity index (χ2n) is 10.2. The first kappa shape index (κ1) is 25.5. The first-order valence-electron chi connectivity index (χ1n) is 13.4. The van der Waals surface area contributed by atoms with E-state index in [0.717, 1.165) is 18.8 Å². The summed E-state index contributed by atoms with van der Waals surface area (Å²) in [5.41, 5.74) is 5.35. The highest BCUT2D eigenvalue weighted by Gasteiger charge is 2.38. The molecule has 3 heteroatoms. The number of piperidine rings is 1. The van der Waals surface area contributed by atoms with E-state index in [1.54, 1.807) is 7.11 Å². The highest BCUT2D eigenvalue weighted by Crippen LogP contribution is 2.35. The molecule has 1 saturated heterocycles. The number of rotatable bonds is 10. The highest BCUT2D eigenvalue weighted by atomic mass is 16.5. The molecule has 2 N–H and O–H groups in total. The van der Waals surface area contributed by atoms with Gasteiger partial charge in [0.2, 0.25) is 0 Å². The number of methoxy groups -OCH3 is 1. The molecule has 1 fully saturated rings. The fourth-order valence-corrected chi connectivity index (χ4v) is 5.80. The van der Waals surface area contributed by atoms with Gasteiger partial charge in [0.05, 0.1) is 7.11 Å². The zero-order valence-electron chi connectivity index (χ0n) is 21.8. The van der Waals surface area contributed by atoms with Crippen LogP contribution < -0.4 is 15.4 Å². The van der Waals surface area contributed by atoms with Gasteiger partial charge in [-0.3, -0.25) is 0 Å². The van der Waals surface area contributed by atoms with Crippen LogP contribution in [0.25, 0.3) is 0 Å². The molecule has 3 aromatic rings. The molecule has 1 aliphatic rings. The van der Waals surface area contributed by atoms with E-state index < -0.39 is 0 Å². The SMILES string of the molecule is CCCC1CCNC(C(c2ccccc2)c2ccccc2)C1NCc1cc(C(C)C)ccc1OC. The zero-order valence-corrected chi connectivity index (χ0v) is 21.8. The largest absolute Gasteiger partial charge is 0.496 e. The maximum absolute atomic E-state index is 5.75. The lowest BCUT2D eigenvalue weighted by Gasteiger charge is -2.44. The quantitative estimate of drug-likeness (QED) is 0.339. The summed E-state index contributed by atoms with van der Waals surface area (Å²) in [5, 5.41) is 8.00. The van der Waals surface area contributed by atoms with Crippen LogP contribution in [0, 0.1) is 5.92 Å². The zero-order chi connectivity index (χ0) is 24.6. The molecule has 4 rings (SSSR count). The van der Waals surface area contributed by atoms with Crippen molar-refractivity contribution < 1.29 is 4.74 Å². The predicted molar refractivity (Wildman–Crippen MR) is 147 cm³/mol. The number of nitrogens with one attached hydrogen (secondary N) is 2. The van der Waals surface area contributed by atoms with Crippen molar-refractivity contribution in [1.82, 2.24) is 10.6 Å². The van der Waals surface area contributed by atoms with Gasteiger partial charge in [-0.25, -0.2) is 0 Å². The molecule has 3 atom stereocenters. The van der Waals surface area contributed by atoms with Gasteiger partial charge in [0.1, 0.15) is 5.75 Å². The molecular weight excluding hydrogens is 428 g/mol. The average Bonchev–Trinajstić information content (AvgIpc) is 2.89. The molecule has 0 aromatic heterocycles. The topological polar surface area (TPSA) is 33.3 Å². The standard InChI is InChI=1S/C32H42N2O/c1-5-12-26-19-20-33-32(30(24-13-8-6-9-14-24)25-15-10-7-11-16-25)31(26)34-22-28-21-27(23(2)3)17-18-29(28)35-4/h6-11,13-18,21,23,26,30-34H,5,12,19-20,22H2,1-4H3. The van der Waals surface area contributed by atoms with E-state index in [9.17, 15) is 0 Å². The summed E-state index contributed by atoms with van der Waals surface area (Å²) >= 11 is 0. The van der Waals surface area contributed by atoms with Crippen LogP contribution in [0.2, 0.25) is 0 Å². The van der Waals surface area contributed by atoms with Gasteiger partial charge in [-0.1, -0.05) is 100.0 Å². The van der Waals surface area contributed by atoms with E-state index in [-0.39, 0.29) is 0 Å².